The van der Waals surface area contributed by atoms with Crippen molar-refractivity contribution >= 4 is 5.91 Å². The highest BCUT2D eigenvalue weighted by Gasteiger charge is 2.16. The molecule has 0 radical (unpaired) electrons. The van der Waals surface area contributed by atoms with Crippen LogP contribution in [0.3, 0.4) is 0 Å². The maximum Gasteiger partial charge on any atom is 0.251 e. The molecule has 0 saturated carbocycles. The summed E-state index contributed by atoms with van der Waals surface area (Å²) in [5.41, 5.74) is 0.380. The van der Waals surface area contributed by atoms with Crippen molar-refractivity contribution in [2.24, 2.45) is 0 Å². The average Bonchev–Trinajstić information content (AvgIpc) is 2.30. The molecule has 1 saturated heterocycles. The minimum absolute atomic E-state index is 0.157. The second kappa shape index (κ2) is 5.07. The lowest BCUT2D eigenvalue weighted by atomic mass is 10.1. The first-order chi connectivity index (χ1) is 7.75. The number of hydrogen-bond donors (Lipinski definition) is 2. The van der Waals surface area contributed by atoms with Crippen molar-refractivity contribution in [1.82, 2.24) is 10.6 Å². The highest BCUT2D eigenvalue weighted by molar-refractivity contribution is 5.94. The molecule has 1 heterocycles. The summed E-state index contributed by atoms with van der Waals surface area (Å²) in [6, 6.07) is 5.91. The summed E-state index contributed by atoms with van der Waals surface area (Å²) in [5.74, 6) is -0.581. The molecule has 2 rings (SSSR count). The standard InChI is InChI=1S/C12H15FN2O/c13-10-4-1-3-9(7-10)12(16)15-11-5-2-6-14-8-11/h1,3-4,7,11,14H,2,5-6,8H2,(H,15,16)/t11-/m0/s1. The number of piperidine rings is 1. The Kier molecular flexibility index (Phi) is 3.51. The molecule has 1 aromatic rings. The van der Waals surface area contributed by atoms with Gasteiger partial charge in [0.15, 0.2) is 0 Å². The molecule has 1 aromatic carbocycles. The fourth-order valence-corrected chi connectivity index (χ4v) is 1.87. The first-order valence-electron chi connectivity index (χ1n) is 5.53. The summed E-state index contributed by atoms with van der Waals surface area (Å²) in [4.78, 5) is 11.8. The summed E-state index contributed by atoms with van der Waals surface area (Å²) >= 11 is 0. The summed E-state index contributed by atoms with van der Waals surface area (Å²) in [5, 5.41) is 6.11. The van der Waals surface area contributed by atoms with Crippen LogP contribution >= 0.6 is 0 Å². The van der Waals surface area contributed by atoms with E-state index in [4.69, 9.17) is 0 Å². The van der Waals surface area contributed by atoms with E-state index < -0.39 is 0 Å². The van der Waals surface area contributed by atoms with Crippen LogP contribution in [0, 0.1) is 5.82 Å². The highest BCUT2D eigenvalue weighted by atomic mass is 19.1. The van der Waals surface area contributed by atoms with Crippen LogP contribution in [0.4, 0.5) is 4.39 Å². The van der Waals surface area contributed by atoms with Crippen LogP contribution in [-0.4, -0.2) is 25.0 Å². The molecule has 0 unspecified atom stereocenters. The van der Waals surface area contributed by atoms with Gasteiger partial charge in [-0.3, -0.25) is 4.79 Å². The van der Waals surface area contributed by atoms with Gasteiger partial charge in [-0.15, -0.1) is 0 Å². The van der Waals surface area contributed by atoms with Gasteiger partial charge < -0.3 is 10.6 Å². The Balaban J connectivity index is 1.97. The Bertz CT molecular complexity index is 375. The van der Waals surface area contributed by atoms with E-state index >= 15 is 0 Å². The minimum Gasteiger partial charge on any atom is -0.348 e. The highest BCUT2D eigenvalue weighted by Crippen LogP contribution is 2.06. The largest absolute Gasteiger partial charge is 0.348 e. The van der Waals surface area contributed by atoms with Gasteiger partial charge in [-0.2, -0.15) is 0 Å². The van der Waals surface area contributed by atoms with Crippen LogP contribution in [0.15, 0.2) is 24.3 Å². The normalized spacial score (nSPS) is 20.4. The smallest absolute Gasteiger partial charge is 0.251 e. The second-order valence-corrected chi connectivity index (χ2v) is 4.03. The van der Waals surface area contributed by atoms with Gasteiger partial charge in [-0.05, 0) is 37.6 Å². The third-order valence-corrected chi connectivity index (χ3v) is 2.72. The number of carbonyl (C=O) groups excluding carboxylic acids is 1. The molecule has 0 aromatic heterocycles. The minimum atomic E-state index is -0.380. The Morgan fingerprint density at radius 3 is 3.06 bits per heavy atom. The third-order valence-electron chi connectivity index (χ3n) is 2.72. The first-order valence-corrected chi connectivity index (χ1v) is 5.53. The van der Waals surface area contributed by atoms with Crippen LogP contribution < -0.4 is 10.6 Å². The van der Waals surface area contributed by atoms with Crippen molar-refractivity contribution in [3.05, 3.63) is 35.6 Å². The molecule has 1 aliphatic heterocycles. The van der Waals surface area contributed by atoms with Crippen molar-refractivity contribution < 1.29 is 9.18 Å². The van der Waals surface area contributed by atoms with Gasteiger partial charge in [-0.25, -0.2) is 4.39 Å². The summed E-state index contributed by atoms with van der Waals surface area (Å²) in [7, 11) is 0. The molecule has 1 aliphatic rings. The van der Waals surface area contributed by atoms with Gasteiger partial charge in [0.1, 0.15) is 5.82 Å². The Labute approximate surface area is 94.0 Å². The van der Waals surface area contributed by atoms with Crippen molar-refractivity contribution in [2.75, 3.05) is 13.1 Å². The van der Waals surface area contributed by atoms with Crippen LogP contribution in [0.5, 0.6) is 0 Å². The zero-order chi connectivity index (χ0) is 11.4. The molecule has 86 valence electrons. The van der Waals surface area contributed by atoms with Crippen molar-refractivity contribution in [2.45, 2.75) is 18.9 Å². The van der Waals surface area contributed by atoms with E-state index in [-0.39, 0.29) is 17.8 Å². The molecule has 3 nitrogen and oxygen atoms in total. The lowest BCUT2D eigenvalue weighted by Crippen LogP contribution is -2.45. The van der Waals surface area contributed by atoms with E-state index in [0.29, 0.717) is 5.56 Å². The Morgan fingerprint density at radius 1 is 1.50 bits per heavy atom. The molecule has 2 N–H and O–H groups in total. The topological polar surface area (TPSA) is 41.1 Å². The van der Waals surface area contributed by atoms with Crippen LogP contribution in [-0.2, 0) is 0 Å². The Morgan fingerprint density at radius 2 is 2.38 bits per heavy atom. The number of amides is 1. The monoisotopic (exact) mass is 222 g/mol. The van der Waals surface area contributed by atoms with Crippen molar-refractivity contribution in [1.29, 1.82) is 0 Å². The Hall–Kier alpha value is -1.42. The van der Waals surface area contributed by atoms with E-state index in [1.807, 2.05) is 0 Å². The van der Waals surface area contributed by atoms with Gasteiger partial charge in [0.2, 0.25) is 0 Å². The number of benzene rings is 1. The van der Waals surface area contributed by atoms with Gasteiger partial charge in [0.25, 0.3) is 5.91 Å². The van der Waals surface area contributed by atoms with Crippen LogP contribution in [0.2, 0.25) is 0 Å². The molecule has 0 aliphatic carbocycles. The molecule has 1 atom stereocenters. The molecule has 0 bridgehead atoms. The van der Waals surface area contributed by atoms with Gasteiger partial charge in [-0.1, -0.05) is 6.07 Å². The summed E-state index contributed by atoms with van der Waals surface area (Å²) in [6.45, 7) is 1.80. The number of rotatable bonds is 2. The van der Waals surface area contributed by atoms with Gasteiger partial charge in [0, 0.05) is 18.2 Å². The molecule has 1 amide bonds. The third kappa shape index (κ3) is 2.79. The number of hydrogen-bond acceptors (Lipinski definition) is 2. The molecule has 0 spiro atoms. The van der Waals surface area contributed by atoms with Crippen LogP contribution in [0.25, 0.3) is 0 Å². The maximum atomic E-state index is 12.9. The SMILES string of the molecule is O=C(N[C@H]1CCCNC1)c1cccc(F)c1. The molecule has 4 heteroatoms. The number of halogens is 1. The number of nitrogens with one attached hydrogen (secondary N) is 2. The average molecular weight is 222 g/mol. The van der Waals surface area contributed by atoms with Gasteiger partial charge in [0.05, 0.1) is 0 Å². The maximum absolute atomic E-state index is 12.9. The fourth-order valence-electron chi connectivity index (χ4n) is 1.87. The summed E-state index contributed by atoms with van der Waals surface area (Å²) < 4.78 is 12.9. The van der Waals surface area contributed by atoms with Crippen molar-refractivity contribution in [3.8, 4) is 0 Å². The predicted molar refractivity (Wildman–Crippen MR) is 59.8 cm³/mol. The van der Waals surface area contributed by atoms with Crippen LogP contribution in [0.1, 0.15) is 23.2 Å². The van der Waals surface area contributed by atoms with Crippen molar-refractivity contribution in [3.63, 3.8) is 0 Å². The molecule has 1 fully saturated rings. The van der Waals surface area contributed by atoms with E-state index in [1.54, 1.807) is 12.1 Å². The second-order valence-electron chi connectivity index (χ2n) is 4.03. The molecular weight excluding hydrogens is 207 g/mol. The van der Waals surface area contributed by atoms with E-state index in [9.17, 15) is 9.18 Å². The lowest BCUT2D eigenvalue weighted by Gasteiger charge is -2.23. The number of carbonyl (C=O) groups is 1. The fraction of sp³-hybridized carbons (Fsp3) is 0.417. The zero-order valence-corrected chi connectivity index (χ0v) is 9.00. The van der Waals surface area contributed by atoms with E-state index in [1.165, 1.54) is 12.1 Å². The quantitative estimate of drug-likeness (QED) is 0.792. The molecular formula is C12H15FN2O. The van der Waals surface area contributed by atoms with E-state index in [2.05, 4.69) is 10.6 Å². The zero-order valence-electron chi connectivity index (χ0n) is 9.00. The summed E-state index contributed by atoms with van der Waals surface area (Å²) in [6.07, 6.45) is 2.04. The lowest BCUT2D eigenvalue weighted by molar-refractivity contribution is 0.0930. The van der Waals surface area contributed by atoms with E-state index in [0.717, 1.165) is 25.9 Å². The molecule has 16 heavy (non-hydrogen) atoms. The predicted octanol–water partition coefficient (Wildman–Crippen LogP) is 1.31. The van der Waals surface area contributed by atoms with Gasteiger partial charge >= 0.3 is 0 Å². The first kappa shape index (κ1) is 11.1.